The standard InChI is InChI=1S/C32H12BF24.C30H46NO/c34-25(35,36)13-1-14(26(37,38)39)6-21(5-13)33(22-7-15(27(40,41)42)2-16(8-22)28(43,44)45,23-9-17(29(46,47)48)3-18(10-23)30(49,50)51)24-11-19(31(52,53)54)4-20(12-24)32(55,56)57;1-2-3-4-5-6-7-8-9-10-11-12-13-14-15-19-22-30(32)29-23-25-31(26-24-29)27-28-20-17-16-18-21-28/h1-12H;16-18,20-21,23-26H,2-15,19,22,27H2,1H3/q-1;+1. The van der Waals surface area contributed by atoms with Crippen LogP contribution in [0.3, 0.4) is 0 Å². The maximum atomic E-state index is 14.2. The van der Waals surface area contributed by atoms with Crippen LogP contribution < -0.4 is 26.4 Å². The Morgan fingerprint density at radius 2 is 0.562 bits per heavy atom. The van der Waals surface area contributed by atoms with Gasteiger partial charge in [-0.25, -0.2) is 4.57 Å². The predicted octanol–water partition coefficient (Wildman–Crippen LogP) is 19.7. The maximum Gasteiger partial charge on any atom is 0.416 e. The summed E-state index contributed by atoms with van der Waals surface area (Å²) in [5.41, 5.74) is -28.1. The van der Waals surface area contributed by atoms with Crippen LogP contribution >= 0.6 is 0 Å². The molecule has 0 atom stereocenters. The molecule has 0 saturated heterocycles. The van der Waals surface area contributed by atoms with Gasteiger partial charge >= 0.3 is 49.4 Å². The van der Waals surface area contributed by atoms with Crippen molar-refractivity contribution in [3.63, 3.8) is 0 Å². The van der Waals surface area contributed by atoms with Crippen molar-refractivity contribution in [2.75, 3.05) is 0 Å². The highest BCUT2D eigenvalue weighted by Gasteiger charge is 2.47. The Balaban J connectivity index is 0.000000380. The lowest BCUT2D eigenvalue weighted by Crippen LogP contribution is -2.75. The average molecular weight is 1300 g/mol. The molecule has 0 amide bonds. The molecule has 0 saturated carbocycles. The summed E-state index contributed by atoms with van der Waals surface area (Å²) in [7, 11) is 0. The predicted molar refractivity (Wildman–Crippen MR) is 286 cm³/mol. The van der Waals surface area contributed by atoms with Crippen LogP contribution in [0.25, 0.3) is 0 Å². The number of hydrogen-bond donors (Lipinski definition) is 0. The number of aromatic nitrogens is 1. The van der Waals surface area contributed by atoms with Crippen molar-refractivity contribution in [1.29, 1.82) is 0 Å². The SMILES string of the molecule is CCCCCCCCCCCCCCCCCC(=O)c1cc[n+](Cc2ccccc2)cc1.FC(F)(F)c1cc([B-](c2cc(C(F)(F)F)cc(C(F)(F)F)c2)(c2cc(C(F)(F)F)cc(C(F)(F)F)c2)c2cc(C(F)(F)F)cc(C(F)(F)F)c2)cc(C(F)(F)F)c1. The minimum atomic E-state index is -6.13. The Morgan fingerprint density at radius 3 is 0.798 bits per heavy atom. The first-order valence-electron chi connectivity index (χ1n) is 28.0. The molecule has 2 nitrogen and oxygen atoms in total. The summed E-state index contributed by atoms with van der Waals surface area (Å²) in [5.74, 6) is 0.284. The third-order valence-corrected chi connectivity index (χ3v) is 14.9. The molecule has 488 valence electrons. The van der Waals surface area contributed by atoms with Crippen molar-refractivity contribution >= 4 is 33.8 Å². The molecule has 6 rings (SSSR count). The van der Waals surface area contributed by atoms with E-state index < -0.39 is 195 Å². The Hall–Kier alpha value is -6.70. The van der Waals surface area contributed by atoms with E-state index in [2.05, 4.69) is 35.8 Å². The molecule has 0 bridgehead atoms. The molecule has 0 aliphatic carbocycles. The Bertz CT molecular complexity index is 2800. The summed E-state index contributed by atoms with van der Waals surface area (Å²) in [4.78, 5) is 12.4. The fourth-order valence-electron chi connectivity index (χ4n) is 10.4. The van der Waals surface area contributed by atoms with Crippen LogP contribution in [0.1, 0.15) is 170 Å². The topological polar surface area (TPSA) is 20.9 Å². The van der Waals surface area contributed by atoms with Gasteiger partial charge in [0.15, 0.2) is 24.7 Å². The smallest absolute Gasteiger partial charge is 0.294 e. The van der Waals surface area contributed by atoms with Crippen molar-refractivity contribution in [2.24, 2.45) is 0 Å². The molecule has 1 aromatic heterocycles. The van der Waals surface area contributed by atoms with Crippen molar-refractivity contribution in [2.45, 2.75) is 166 Å². The highest BCUT2D eigenvalue weighted by molar-refractivity contribution is 7.20. The van der Waals surface area contributed by atoms with Crippen LogP contribution in [0.15, 0.2) is 128 Å². The Kier molecular flexibility index (Phi) is 24.2. The van der Waals surface area contributed by atoms with Gasteiger partial charge in [0.05, 0.1) is 44.5 Å². The number of halogens is 24. The van der Waals surface area contributed by atoms with E-state index in [1.807, 2.05) is 30.6 Å². The van der Waals surface area contributed by atoms with Crippen LogP contribution in [0, 0.1) is 0 Å². The van der Waals surface area contributed by atoms with Gasteiger partial charge in [0, 0.05) is 29.7 Å². The van der Waals surface area contributed by atoms with Gasteiger partial charge in [-0.1, -0.05) is 176 Å². The van der Waals surface area contributed by atoms with E-state index in [1.165, 1.54) is 95.5 Å². The lowest BCUT2D eigenvalue weighted by molar-refractivity contribution is -0.688. The number of pyridine rings is 1. The van der Waals surface area contributed by atoms with Gasteiger partial charge in [0.1, 0.15) is 6.15 Å². The minimum Gasteiger partial charge on any atom is -0.294 e. The van der Waals surface area contributed by atoms with Crippen molar-refractivity contribution in [3.8, 4) is 0 Å². The summed E-state index contributed by atoms with van der Waals surface area (Å²) >= 11 is 0. The van der Waals surface area contributed by atoms with Crippen LogP contribution in [0.5, 0.6) is 0 Å². The molecule has 89 heavy (non-hydrogen) atoms. The number of carbonyl (C=O) groups excluding carboxylic acids is 1. The number of unbranched alkanes of at least 4 members (excludes halogenated alkanes) is 14. The van der Waals surface area contributed by atoms with Crippen LogP contribution in [0.4, 0.5) is 105 Å². The van der Waals surface area contributed by atoms with Gasteiger partial charge in [-0.15, -0.1) is 0 Å². The molecule has 5 aromatic carbocycles. The van der Waals surface area contributed by atoms with Crippen molar-refractivity contribution in [1.82, 2.24) is 0 Å². The molecule has 0 unspecified atom stereocenters. The molecule has 0 spiro atoms. The monoisotopic (exact) mass is 1300 g/mol. The Morgan fingerprint density at radius 1 is 0.326 bits per heavy atom. The number of ketones is 1. The third kappa shape index (κ3) is 20.9. The number of carbonyl (C=O) groups is 1. The van der Waals surface area contributed by atoms with Crippen molar-refractivity contribution in [3.05, 3.63) is 183 Å². The first-order valence-corrected chi connectivity index (χ1v) is 28.0. The van der Waals surface area contributed by atoms with Crippen LogP contribution in [-0.2, 0) is 56.0 Å². The van der Waals surface area contributed by atoms with E-state index in [1.54, 1.807) is 0 Å². The third-order valence-electron chi connectivity index (χ3n) is 14.9. The molecule has 0 aliphatic rings. The molecule has 6 aromatic rings. The van der Waals surface area contributed by atoms with Gasteiger partial charge in [0.2, 0.25) is 0 Å². The summed E-state index contributed by atoms with van der Waals surface area (Å²) in [6.07, 6.45) is -29.7. The van der Waals surface area contributed by atoms with Gasteiger partial charge in [-0.3, -0.25) is 4.79 Å². The highest BCUT2D eigenvalue weighted by atomic mass is 19.4. The number of alkyl halides is 24. The van der Waals surface area contributed by atoms with E-state index in [0.29, 0.717) is 6.42 Å². The second-order valence-electron chi connectivity index (χ2n) is 21.6. The number of nitrogens with zero attached hydrogens (tertiary/aromatic N) is 1. The summed E-state index contributed by atoms with van der Waals surface area (Å²) < 4.78 is 343. The minimum absolute atomic E-state index is 0.284. The number of Topliss-reactive ketones (excluding diaryl/α,β-unsaturated/α-hetero) is 1. The molecule has 0 fully saturated rings. The normalized spacial score (nSPS) is 13.1. The zero-order chi connectivity index (χ0) is 66.6. The molecule has 0 aliphatic heterocycles. The first-order chi connectivity index (χ1) is 41.1. The second kappa shape index (κ2) is 29.5. The zero-order valence-corrected chi connectivity index (χ0v) is 47.1. The summed E-state index contributed by atoms with van der Waals surface area (Å²) in [6.45, 7) is 3.13. The fourth-order valence-corrected chi connectivity index (χ4v) is 10.4. The fraction of sp³-hybridized carbons (Fsp3) is 0.419. The van der Waals surface area contributed by atoms with Gasteiger partial charge in [-0.2, -0.15) is 127 Å². The molecule has 1 heterocycles. The van der Waals surface area contributed by atoms with E-state index in [4.69, 9.17) is 0 Å². The molecule has 0 N–H and O–H groups in total. The first kappa shape index (κ1) is 73.0. The van der Waals surface area contributed by atoms with Crippen molar-refractivity contribution < 1.29 is 115 Å². The maximum absolute atomic E-state index is 14.2. The lowest BCUT2D eigenvalue weighted by Gasteiger charge is -2.46. The number of benzene rings is 5. The van der Waals surface area contributed by atoms with E-state index >= 15 is 0 Å². The van der Waals surface area contributed by atoms with Crippen LogP contribution in [0.2, 0.25) is 0 Å². The molecule has 0 radical (unpaired) electrons. The van der Waals surface area contributed by atoms with Gasteiger partial charge < -0.3 is 0 Å². The molecular weight excluding hydrogens is 1240 g/mol. The average Bonchev–Trinajstić information content (AvgIpc) is 0.741. The van der Waals surface area contributed by atoms with E-state index in [9.17, 15) is 110 Å². The van der Waals surface area contributed by atoms with Crippen LogP contribution in [-0.4, -0.2) is 11.9 Å². The largest absolute Gasteiger partial charge is 0.416 e. The highest BCUT2D eigenvalue weighted by Crippen LogP contribution is 2.42. The summed E-state index contributed by atoms with van der Waals surface area (Å²) in [5, 5.41) is 0. The van der Waals surface area contributed by atoms with Gasteiger partial charge in [0.25, 0.3) is 0 Å². The second-order valence-corrected chi connectivity index (χ2v) is 21.6. The Labute approximate surface area is 496 Å². The zero-order valence-electron chi connectivity index (χ0n) is 47.1. The lowest BCUT2D eigenvalue weighted by atomic mass is 9.12. The van der Waals surface area contributed by atoms with Gasteiger partial charge in [-0.05, 0) is 30.7 Å². The molecule has 27 heteroatoms. The number of hydrogen-bond acceptors (Lipinski definition) is 1. The van der Waals surface area contributed by atoms with E-state index in [-0.39, 0.29) is 5.78 Å². The summed E-state index contributed by atoms with van der Waals surface area (Å²) in [6, 6.07) is 5.54. The molecular formula is C62H58BF24NO. The number of rotatable bonds is 23. The quantitative estimate of drug-likeness (QED) is 0.0206. The van der Waals surface area contributed by atoms with E-state index in [0.717, 1.165) is 18.5 Å².